The summed E-state index contributed by atoms with van der Waals surface area (Å²) in [5.74, 6) is 1.10. The molecule has 0 bridgehead atoms. The Morgan fingerprint density at radius 1 is 1.16 bits per heavy atom. The van der Waals surface area contributed by atoms with Gasteiger partial charge in [0, 0.05) is 5.56 Å². The Labute approximate surface area is 145 Å². The first kappa shape index (κ1) is 16.9. The summed E-state index contributed by atoms with van der Waals surface area (Å²) < 4.78 is 15.7. The number of nitrogens with one attached hydrogen (secondary N) is 2. The van der Waals surface area contributed by atoms with E-state index in [2.05, 4.69) is 10.6 Å². The van der Waals surface area contributed by atoms with Crippen LogP contribution in [-0.4, -0.2) is 24.6 Å². The first-order valence-electron chi connectivity index (χ1n) is 8.05. The van der Waals surface area contributed by atoms with Crippen molar-refractivity contribution in [1.29, 1.82) is 0 Å². The average molecular weight is 344 g/mol. The molecule has 2 heterocycles. The van der Waals surface area contributed by atoms with Gasteiger partial charge < -0.3 is 24.5 Å². The molecule has 1 atom stereocenters. The quantitative estimate of drug-likeness (QED) is 0.837. The number of amides is 2. The summed E-state index contributed by atoms with van der Waals surface area (Å²) in [5, 5.41) is 5.55. The first-order valence-corrected chi connectivity index (χ1v) is 8.05. The molecular weight excluding hydrogens is 324 g/mol. The fourth-order valence-corrected chi connectivity index (χ4v) is 2.49. The minimum Gasteiger partial charge on any atom is -0.467 e. The van der Waals surface area contributed by atoms with E-state index in [4.69, 9.17) is 13.9 Å². The predicted molar refractivity (Wildman–Crippen MR) is 89.2 cm³/mol. The van der Waals surface area contributed by atoms with Crippen molar-refractivity contribution in [2.75, 3.05) is 6.79 Å². The number of carbonyl (C=O) groups excluding carboxylic acids is 2. The molecule has 1 aliphatic heterocycles. The summed E-state index contributed by atoms with van der Waals surface area (Å²) in [4.78, 5) is 24.9. The van der Waals surface area contributed by atoms with Crippen molar-refractivity contribution < 1.29 is 23.5 Å². The van der Waals surface area contributed by atoms with Gasteiger partial charge in [0.15, 0.2) is 11.5 Å². The van der Waals surface area contributed by atoms with Crippen molar-refractivity contribution in [2.24, 2.45) is 5.92 Å². The number of benzene rings is 1. The smallest absolute Gasteiger partial charge is 0.252 e. The van der Waals surface area contributed by atoms with E-state index >= 15 is 0 Å². The molecule has 132 valence electrons. The third-order valence-corrected chi connectivity index (χ3v) is 3.89. The van der Waals surface area contributed by atoms with Crippen LogP contribution in [0.15, 0.2) is 41.0 Å². The summed E-state index contributed by atoms with van der Waals surface area (Å²) in [6, 6.07) is 7.79. The molecule has 2 amide bonds. The molecule has 2 N–H and O–H groups in total. The monoisotopic (exact) mass is 344 g/mol. The maximum absolute atomic E-state index is 12.5. The van der Waals surface area contributed by atoms with Crippen LogP contribution in [0, 0.1) is 5.92 Å². The molecule has 3 rings (SSSR count). The van der Waals surface area contributed by atoms with E-state index in [0.717, 1.165) is 0 Å². The van der Waals surface area contributed by atoms with Crippen LogP contribution in [0.3, 0.4) is 0 Å². The largest absolute Gasteiger partial charge is 0.467 e. The summed E-state index contributed by atoms with van der Waals surface area (Å²) >= 11 is 0. The fourth-order valence-electron chi connectivity index (χ4n) is 2.49. The van der Waals surface area contributed by atoms with Gasteiger partial charge >= 0.3 is 0 Å². The Balaban J connectivity index is 1.64. The first-order chi connectivity index (χ1) is 12.0. The Morgan fingerprint density at radius 2 is 1.96 bits per heavy atom. The zero-order valence-electron chi connectivity index (χ0n) is 14.1. The molecule has 0 aliphatic carbocycles. The molecule has 0 radical (unpaired) electrons. The third-order valence-electron chi connectivity index (χ3n) is 3.89. The van der Waals surface area contributed by atoms with Gasteiger partial charge in [-0.15, -0.1) is 0 Å². The van der Waals surface area contributed by atoms with Gasteiger partial charge in [-0.2, -0.15) is 0 Å². The number of hydrogen-bond donors (Lipinski definition) is 2. The van der Waals surface area contributed by atoms with Crippen LogP contribution in [0.4, 0.5) is 0 Å². The van der Waals surface area contributed by atoms with E-state index < -0.39 is 6.04 Å². The maximum atomic E-state index is 12.5. The number of rotatable bonds is 6. The molecule has 0 saturated carbocycles. The standard InChI is InChI=1S/C18H20N2O5/c1-11(2)16(18(22)19-9-13-4-3-7-23-13)20-17(21)12-5-6-14-15(8-12)25-10-24-14/h3-8,11,16H,9-10H2,1-2H3,(H,19,22)(H,20,21)/t16-/m0/s1. The van der Waals surface area contributed by atoms with Gasteiger partial charge in [-0.25, -0.2) is 0 Å². The maximum Gasteiger partial charge on any atom is 0.252 e. The highest BCUT2D eigenvalue weighted by Gasteiger charge is 2.25. The van der Waals surface area contributed by atoms with Crippen LogP contribution >= 0.6 is 0 Å². The van der Waals surface area contributed by atoms with Gasteiger partial charge in [-0.3, -0.25) is 9.59 Å². The van der Waals surface area contributed by atoms with Crippen LogP contribution in [-0.2, 0) is 11.3 Å². The predicted octanol–water partition coefficient (Wildman–Crippen LogP) is 2.08. The number of ether oxygens (including phenoxy) is 2. The van der Waals surface area contributed by atoms with Crippen LogP contribution in [0.25, 0.3) is 0 Å². The van der Waals surface area contributed by atoms with E-state index in [1.54, 1.807) is 36.6 Å². The second-order valence-corrected chi connectivity index (χ2v) is 6.06. The molecule has 1 aromatic heterocycles. The Hall–Kier alpha value is -2.96. The second-order valence-electron chi connectivity index (χ2n) is 6.06. The Kier molecular flexibility index (Phi) is 4.92. The van der Waals surface area contributed by atoms with E-state index in [0.29, 0.717) is 22.8 Å². The molecule has 7 heteroatoms. The second kappa shape index (κ2) is 7.29. The molecule has 0 unspecified atom stereocenters. The highest BCUT2D eigenvalue weighted by molar-refractivity contribution is 5.98. The van der Waals surface area contributed by atoms with Gasteiger partial charge in [0.1, 0.15) is 11.8 Å². The highest BCUT2D eigenvalue weighted by Crippen LogP contribution is 2.32. The lowest BCUT2D eigenvalue weighted by Gasteiger charge is -2.21. The van der Waals surface area contributed by atoms with E-state index in [-0.39, 0.29) is 31.1 Å². The van der Waals surface area contributed by atoms with Crippen molar-refractivity contribution in [2.45, 2.75) is 26.4 Å². The van der Waals surface area contributed by atoms with E-state index in [1.165, 1.54) is 0 Å². The van der Waals surface area contributed by atoms with E-state index in [1.807, 2.05) is 13.8 Å². The number of carbonyl (C=O) groups is 2. The molecule has 1 aliphatic rings. The fraction of sp³-hybridized carbons (Fsp3) is 0.333. The zero-order valence-corrected chi connectivity index (χ0v) is 14.1. The Morgan fingerprint density at radius 3 is 2.68 bits per heavy atom. The number of hydrogen-bond acceptors (Lipinski definition) is 5. The lowest BCUT2D eigenvalue weighted by molar-refractivity contribution is -0.124. The van der Waals surface area contributed by atoms with Crippen molar-refractivity contribution >= 4 is 11.8 Å². The summed E-state index contributed by atoms with van der Waals surface area (Å²) in [7, 11) is 0. The minimum absolute atomic E-state index is 0.0745. The molecular formula is C18H20N2O5. The molecule has 0 spiro atoms. The van der Waals surface area contributed by atoms with Crippen LogP contribution in [0.2, 0.25) is 0 Å². The SMILES string of the molecule is CC(C)[C@H](NC(=O)c1ccc2c(c1)OCO2)C(=O)NCc1ccco1. The van der Waals surface area contributed by atoms with Crippen molar-refractivity contribution in [3.63, 3.8) is 0 Å². The molecule has 1 aromatic carbocycles. The topological polar surface area (TPSA) is 89.8 Å². The van der Waals surface area contributed by atoms with Crippen molar-refractivity contribution in [3.8, 4) is 11.5 Å². The van der Waals surface area contributed by atoms with Crippen molar-refractivity contribution in [3.05, 3.63) is 47.9 Å². The molecule has 7 nitrogen and oxygen atoms in total. The molecule has 0 saturated heterocycles. The molecule has 0 fully saturated rings. The number of furan rings is 1. The van der Waals surface area contributed by atoms with Crippen LogP contribution in [0.1, 0.15) is 30.0 Å². The zero-order chi connectivity index (χ0) is 17.8. The highest BCUT2D eigenvalue weighted by atomic mass is 16.7. The molecule has 25 heavy (non-hydrogen) atoms. The lowest BCUT2D eigenvalue weighted by Crippen LogP contribution is -2.49. The summed E-state index contributed by atoms with van der Waals surface area (Å²) in [5.41, 5.74) is 0.411. The third kappa shape index (κ3) is 3.93. The summed E-state index contributed by atoms with van der Waals surface area (Å²) in [6.45, 7) is 4.16. The normalized spacial score (nSPS) is 13.6. The Bertz CT molecular complexity index is 755. The van der Waals surface area contributed by atoms with Gasteiger partial charge in [-0.05, 0) is 36.2 Å². The minimum atomic E-state index is -0.659. The van der Waals surface area contributed by atoms with Gasteiger partial charge in [0.05, 0.1) is 12.8 Å². The lowest BCUT2D eigenvalue weighted by atomic mass is 10.0. The summed E-state index contributed by atoms with van der Waals surface area (Å²) in [6.07, 6.45) is 1.54. The van der Waals surface area contributed by atoms with E-state index in [9.17, 15) is 9.59 Å². The van der Waals surface area contributed by atoms with Crippen LogP contribution in [0.5, 0.6) is 11.5 Å². The van der Waals surface area contributed by atoms with Crippen LogP contribution < -0.4 is 20.1 Å². The van der Waals surface area contributed by atoms with Gasteiger partial charge in [0.2, 0.25) is 12.7 Å². The van der Waals surface area contributed by atoms with Gasteiger partial charge in [-0.1, -0.05) is 13.8 Å². The number of fused-ring (bicyclic) bond motifs is 1. The van der Waals surface area contributed by atoms with Crippen molar-refractivity contribution in [1.82, 2.24) is 10.6 Å². The van der Waals surface area contributed by atoms with Gasteiger partial charge in [0.25, 0.3) is 5.91 Å². The average Bonchev–Trinajstić information content (AvgIpc) is 3.27. The molecule has 2 aromatic rings.